The molecule has 5 atom stereocenters. The molecule has 1 saturated carbocycles. The molecule has 2 aliphatic rings. The van der Waals surface area contributed by atoms with Crippen LogP contribution in [-0.4, -0.2) is 27.6 Å². The van der Waals surface area contributed by atoms with Gasteiger partial charge in [0, 0.05) is 0 Å². The lowest BCUT2D eigenvalue weighted by Crippen LogP contribution is -2.18. The Hall–Kier alpha value is -1.39. The van der Waals surface area contributed by atoms with Crippen LogP contribution in [0.25, 0.3) is 0 Å². The van der Waals surface area contributed by atoms with Gasteiger partial charge < -0.3 is 4.74 Å². The zero-order chi connectivity index (χ0) is 21.5. The molecule has 0 amide bonds. The maximum absolute atomic E-state index is 12.5. The van der Waals surface area contributed by atoms with Crippen LogP contribution < -0.4 is 0 Å². The summed E-state index contributed by atoms with van der Waals surface area (Å²) in [5, 5.41) is 9.15. The van der Waals surface area contributed by atoms with Crippen molar-refractivity contribution in [2.75, 3.05) is 6.61 Å². The quantitative estimate of drug-likeness (QED) is 0.396. The highest BCUT2D eigenvalue weighted by Crippen LogP contribution is 2.53. The number of aryl methyl sites for hydroxylation is 1. The van der Waals surface area contributed by atoms with Crippen LogP contribution in [0.15, 0.2) is 0 Å². The molecule has 1 aromatic rings. The van der Waals surface area contributed by atoms with E-state index in [1.165, 1.54) is 37.1 Å². The average molecular weight is 418 g/mol. The minimum Gasteiger partial charge on any atom is -0.465 e. The van der Waals surface area contributed by atoms with Crippen LogP contribution in [0.1, 0.15) is 109 Å². The number of carbonyl (C=O) groups excluding carboxylic acids is 1. The molecule has 0 N–H and O–H groups in total. The smallest absolute Gasteiger partial charge is 0.308 e. The van der Waals surface area contributed by atoms with Gasteiger partial charge in [-0.3, -0.25) is 4.79 Å². The summed E-state index contributed by atoms with van der Waals surface area (Å²) in [6.07, 6.45) is 13.4. The number of esters is 1. The van der Waals surface area contributed by atoms with Crippen molar-refractivity contribution in [3.63, 3.8) is 0 Å². The second-order valence-electron chi connectivity index (χ2n) is 9.58. The zero-order valence-corrected chi connectivity index (χ0v) is 19.7. The van der Waals surface area contributed by atoms with Gasteiger partial charge >= 0.3 is 5.97 Å². The van der Waals surface area contributed by atoms with Crippen molar-refractivity contribution in [2.24, 2.45) is 23.7 Å². The van der Waals surface area contributed by atoms with E-state index in [0.29, 0.717) is 30.4 Å². The third-order valence-electron chi connectivity index (χ3n) is 7.67. The van der Waals surface area contributed by atoms with Gasteiger partial charge in [0.15, 0.2) is 0 Å². The first-order valence-electron chi connectivity index (χ1n) is 12.7. The minimum atomic E-state index is 0.0347. The molecule has 3 rings (SSSR count). The van der Waals surface area contributed by atoms with Gasteiger partial charge in [-0.05, 0) is 69.1 Å². The fraction of sp³-hybridized carbons (Fsp3) is 0.880. The summed E-state index contributed by atoms with van der Waals surface area (Å²) in [5.74, 6) is 2.09. The van der Waals surface area contributed by atoms with E-state index in [1.807, 2.05) is 0 Å². The van der Waals surface area contributed by atoms with Gasteiger partial charge in [-0.25, -0.2) is 4.68 Å². The van der Waals surface area contributed by atoms with Crippen LogP contribution in [0, 0.1) is 23.7 Å². The van der Waals surface area contributed by atoms with E-state index < -0.39 is 0 Å². The van der Waals surface area contributed by atoms with E-state index in [-0.39, 0.29) is 11.9 Å². The molecule has 170 valence electrons. The molecule has 0 spiro atoms. The first kappa shape index (κ1) is 23.3. The SMILES string of the molecule is CCCCC(CC)C(=O)OCC1C2CCc3nnn(C(CC)CCCC)c3CCC21. The Morgan fingerprint density at radius 1 is 1.03 bits per heavy atom. The highest BCUT2D eigenvalue weighted by atomic mass is 16.5. The summed E-state index contributed by atoms with van der Waals surface area (Å²) >= 11 is 0. The fourth-order valence-corrected chi connectivity index (χ4v) is 5.50. The Kier molecular flexibility index (Phi) is 8.76. The lowest BCUT2D eigenvalue weighted by molar-refractivity contribution is -0.149. The Morgan fingerprint density at radius 2 is 1.73 bits per heavy atom. The first-order chi connectivity index (χ1) is 14.6. The van der Waals surface area contributed by atoms with Crippen LogP contribution in [0.4, 0.5) is 0 Å². The third kappa shape index (κ3) is 5.45. The second-order valence-corrected chi connectivity index (χ2v) is 9.58. The summed E-state index contributed by atoms with van der Waals surface area (Å²) in [4.78, 5) is 12.5. The molecular weight excluding hydrogens is 374 g/mol. The molecule has 1 aromatic heterocycles. The molecule has 0 aliphatic heterocycles. The van der Waals surface area contributed by atoms with Crippen molar-refractivity contribution < 1.29 is 9.53 Å². The van der Waals surface area contributed by atoms with Crippen LogP contribution in [-0.2, 0) is 22.4 Å². The summed E-state index contributed by atoms with van der Waals surface area (Å²) < 4.78 is 8.05. The molecule has 5 nitrogen and oxygen atoms in total. The predicted molar refractivity (Wildman–Crippen MR) is 120 cm³/mol. The number of fused-ring (bicyclic) bond motifs is 2. The lowest BCUT2D eigenvalue weighted by atomic mass is 10.00. The Balaban J connectivity index is 1.54. The second kappa shape index (κ2) is 11.3. The number of hydrogen-bond donors (Lipinski definition) is 0. The molecule has 0 saturated heterocycles. The van der Waals surface area contributed by atoms with Crippen LogP contribution in [0.2, 0.25) is 0 Å². The molecular formula is C25H43N3O2. The molecule has 1 heterocycles. The van der Waals surface area contributed by atoms with Crippen molar-refractivity contribution in [1.29, 1.82) is 0 Å². The van der Waals surface area contributed by atoms with Gasteiger partial charge in [0.05, 0.1) is 30.0 Å². The average Bonchev–Trinajstić information content (AvgIpc) is 3.25. The zero-order valence-electron chi connectivity index (χ0n) is 19.7. The van der Waals surface area contributed by atoms with Crippen molar-refractivity contribution in [3.05, 3.63) is 11.4 Å². The lowest BCUT2D eigenvalue weighted by Gasteiger charge is -2.18. The Bertz CT molecular complexity index is 671. The molecule has 0 radical (unpaired) electrons. The topological polar surface area (TPSA) is 57.0 Å². The van der Waals surface area contributed by atoms with Gasteiger partial charge in [0.2, 0.25) is 0 Å². The molecule has 2 aliphatic carbocycles. The van der Waals surface area contributed by atoms with Gasteiger partial charge in [-0.2, -0.15) is 0 Å². The fourth-order valence-electron chi connectivity index (χ4n) is 5.50. The van der Waals surface area contributed by atoms with Crippen molar-refractivity contribution >= 4 is 5.97 Å². The van der Waals surface area contributed by atoms with Crippen LogP contribution in [0.3, 0.4) is 0 Å². The van der Waals surface area contributed by atoms with E-state index in [9.17, 15) is 4.79 Å². The van der Waals surface area contributed by atoms with Gasteiger partial charge in [0.1, 0.15) is 0 Å². The third-order valence-corrected chi connectivity index (χ3v) is 7.67. The normalized spacial score (nSPS) is 24.9. The molecule has 1 fully saturated rings. The van der Waals surface area contributed by atoms with E-state index >= 15 is 0 Å². The molecule has 5 unspecified atom stereocenters. The van der Waals surface area contributed by atoms with Crippen molar-refractivity contribution in [2.45, 2.75) is 111 Å². The molecule has 0 bridgehead atoms. The van der Waals surface area contributed by atoms with Crippen molar-refractivity contribution in [1.82, 2.24) is 15.0 Å². The van der Waals surface area contributed by atoms with E-state index in [0.717, 1.165) is 51.4 Å². The van der Waals surface area contributed by atoms with Gasteiger partial charge in [-0.15, -0.1) is 5.10 Å². The molecule has 5 heteroatoms. The summed E-state index contributed by atoms with van der Waals surface area (Å²) in [6.45, 7) is 9.43. The number of aromatic nitrogens is 3. The maximum Gasteiger partial charge on any atom is 0.308 e. The summed E-state index contributed by atoms with van der Waals surface area (Å²) in [6, 6.07) is 0.487. The minimum absolute atomic E-state index is 0.0347. The van der Waals surface area contributed by atoms with Gasteiger partial charge in [0.25, 0.3) is 0 Å². The maximum atomic E-state index is 12.5. The van der Waals surface area contributed by atoms with Crippen LogP contribution >= 0.6 is 0 Å². The van der Waals surface area contributed by atoms with Gasteiger partial charge in [-0.1, -0.05) is 58.6 Å². The number of rotatable bonds is 12. The molecule has 30 heavy (non-hydrogen) atoms. The first-order valence-corrected chi connectivity index (χ1v) is 12.7. The van der Waals surface area contributed by atoms with E-state index in [2.05, 4.69) is 42.7 Å². The Labute approximate surface area is 183 Å². The Morgan fingerprint density at radius 3 is 2.40 bits per heavy atom. The number of carbonyl (C=O) groups is 1. The monoisotopic (exact) mass is 417 g/mol. The number of unbranched alkanes of at least 4 members (excludes halogenated alkanes) is 2. The molecule has 0 aromatic carbocycles. The largest absolute Gasteiger partial charge is 0.465 e. The summed E-state index contributed by atoms with van der Waals surface area (Å²) in [7, 11) is 0. The number of ether oxygens (including phenoxy) is 1. The number of nitrogens with zero attached hydrogens (tertiary/aromatic N) is 3. The summed E-state index contributed by atoms with van der Waals surface area (Å²) in [5.41, 5.74) is 2.60. The van der Waals surface area contributed by atoms with Crippen molar-refractivity contribution in [3.8, 4) is 0 Å². The highest BCUT2D eigenvalue weighted by molar-refractivity contribution is 5.72. The predicted octanol–water partition coefficient (Wildman–Crippen LogP) is 5.92. The van der Waals surface area contributed by atoms with E-state index in [1.54, 1.807) is 0 Å². The number of hydrogen-bond acceptors (Lipinski definition) is 4. The van der Waals surface area contributed by atoms with E-state index in [4.69, 9.17) is 4.74 Å². The highest BCUT2D eigenvalue weighted by Gasteiger charge is 2.50. The standard InChI is InChI=1S/C25H43N3O2/c1-5-9-11-18(7-3)25(29)30-17-22-20-13-15-23-24(16-14-21(20)22)28(27-26-23)19(8-4)12-10-6-2/h18-22H,5-17H2,1-4H3. The van der Waals surface area contributed by atoms with Crippen LogP contribution in [0.5, 0.6) is 0 Å².